The van der Waals surface area contributed by atoms with Crippen LogP contribution in [0, 0.1) is 5.92 Å². The summed E-state index contributed by atoms with van der Waals surface area (Å²) in [7, 11) is 0. The number of rotatable bonds is 5. The number of carbonyl (C=O) groups is 1. The molecule has 4 nitrogen and oxygen atoms in total. The van der Waals surface area contributed by atoms with Crippen molar-refractivity contribution in [3.63, 3.8) is 0 Å². The van der Waals surface area contributed by atoms with Crippen LogP contribution in [0.2, 0.25) is 5.02 Å². The van der Waals surface area contributed by atoms with Gasteiger partial charge in [0.1, 0.15) is 5.82 Å². The number of halogens is 1. The van der Waals surface area contributed by atoms with Crippen LogP contribution in [0.5, 0.6) is 0 Å². The van der Waals surface area contributed by atoms with Gasteiger partial charge >= 0.3 is 0 Å². The Morgan fingerprint density at radius 2 is 2.00 bits per heavy atom. The van der Waals surface area contributed by atoms with E-state index in [9.17, 15) is 4.79 Å². The van der Waals surface area contributed by atoms with Crippen molar-refractivity contribution in [2.45, 2.75) is 20.3 Å². The number of anilines is 1. The van der Waals surface area contributed by atoms with Crippen molar-refractivity contribution >= 4 is 45.6 Å². The molecule has 0 atom stereocenters. The van der Waals surface area contributed by atoms with Gasteiger partial charge in [0.25, 0.3) is 5.91 Å². The van der Waals surface area contributed by atoms with Crippen molar-refractivity contribution in [2.75, 3.05) is 5.32 Å². The van der Waals surface area contributed by atoms with Crippen molar-refractivity contribution in [3.8, 4) is 5.13 Å². The number of aromatic nitrogens is 2. The summed E-state index contributed by atoms with van der Waals surface area (Å²) in [5.41, 5.74) is 2.90. The smallest absolute Gasteiger partial charge is 0.256 e. The standard InChI is InChI=1S/C22H20ClN3OS/c1-14(2)10-16-12-26(19-11-17(23)8-9-18(16)19)22-25-20(13-28-22)24-21(27)15-6-4-3-5-7-15/h3-9,11-14H,10H2,1-2H3,(H,24,27). The molecule has 4 aromatic rings. The average molecular weight is 410 g/mol. The number of thiazole rings is 1. The summed E-state index contributed by atoms with van der Waals surface area (Å²) in [4.78, 5) is 17.0. The summed E-state index contributed by atoms with van der Waals surface area (Å²) >= 11 is 7.73. The van der Waals surface area contributed by atoms with Gasteiger partial charge < -0.3 is 5.32 Å². The van der Waals surface area contributed by atoms with Crippen LogP contribution >= 0.6 is 22.9 Å². The summed E-state index contributed by atoms with van der Waals surface area (Å²) in [5.74, 6) is 0.924. The first-order valence-corrected chi connectivity index (χ1v) is 10.4. The molecule has 0 bridgehead atoms. The Balaban J connectivity index is 1.67. The van der Waals surface area contributed by atoms with E-state index in [0.717, 1.165) is 17.1 Å². The lowest BCUT2D eigenvalue weighted by Crippen LogP contribution is -2.11. The molecular weight excluding hydrogens is 390 g/mol. The number of fused-ring (bicyclic) bond motifs is 1. The van der Waals surface area contributed by atoms with Gasteiger partial charge in [0.15, 0.2) is 5.13 Å². The first kappa shape index (κ1) is 18.7. The van der Waals surface area contributed by atoms with E-state index >= 15 is 0 Å². The molecule has 2 heterocycles. The van der Waals surface area contributed by atoms with Crippen LogP contribution in [0.4, 0.5) is 5.82 Å². The maximum absolute atomic E-state index is 12.4. The fourth-order valence-electron chi connectivity index (χ4n) is 3.24. The van der Waals surface area contributed by atoms with E-state index in [4.69, 9.17) is 11.6 Å². The van der Waals surface area contributed by atoms with E-state index in [0.29, 0.717) is 22.3 Å². The lowest BCUT2D eigenvalue weighted by atomic mass is 10.0. The second-order valence-corrected chi connectivity index (χ2v) is 8.39. The molecule has 0 fully saturated rings. The van der Waals surface area contributed by atoms with E-state index in [1.54, 1.807) is 12.1 Å². The summed E-state index contributed by atoms with van der Waals surface area (Å²) in [6, 6.07) is 15.1. The topological polar surface area (TPSA) is 46.9 Å². The van der Waals surface area contributed by atoms with Crippen LogP contribution in [-0.4, -0.2) is 15.5 Å². The third-order valence-electron chi connectivity index (χ3n) is 4.45. The summed E-state index contributed by atoms with van der Waals surface area (Å²) in [6.45, 7) is 4.42. The normalized spacial score (nSPS) is 11.3. The number of benzene rings is 2. The maximum Gasteiger partial charge on any atom is 0.256 e. The summed E-state index contributed by atoms with van der Waals surface area (Å²) in [5, 5.41) is 7.40. The minimum absolute atomic E-state index is 0.168. The van der Waals surface area contributed by atoms with Gasteiger partial charge in [-0.1, -0.05) is 49.7 Å². The average Bonchev–Trinajstić information content (AvgIpc) is 3.26. The quantitative estimate of drug-likeness (QED) is 0.427. The van der Waals surface area contributed by atoms with Crippen molar-refractivity contribution < 1.29 is 4.79 Å². The van der Waals surface area contributed by atoms with Gasteiger partial charge in [-0.2, -0.15) is 0 Å². The molecule has 142 valence electrons. The first-order valence-electron chi connectivity index (χ1n) is 9.13. The molecule has 0 saturated heterocycles. The van der Waals surface area contributed by atoms with Gasteiger partial charge in [-0.3, -0.25) is 9.36 Å². The van der Waals surface area contributed by atoms with Crippen LogP contribution < -0.4 is 5.32 Å². The highest BCUT2D eigenvalue weighted by Crippen LogP contribution is 2.31. The van der Waals surface area contributed by atoms with Gasteiger partial charge in [-0.05, 0) is 42.2 Å². The van der Waals surface area contributed by atoms with Crippen molar-refractivity contribution in [1.82, 2.24) is 9.55 Å². The Morgan fingerprint density at radius 3 is 2.75 bits per heavy atom. The molecule has 1 N–H and O–H groups in total. The number of hydrogen-bond donors (Lipinski definition) is 1. The zero-order valence-corrected chi connectivity index (χ0v) is 17.2. The highest BCUT2D eigenvalue weighted by molar-refractivity contribution is 7.12. The third kappa shape index (κ3) is 3.81. The molecule has 2 aromatic carbocycles. The molecule has 4 rings (SSSR count). The highest BCUT2D eigenvalue weighted by atomic mass is 35.5. The van der Waals surface area contributed by atoms with Crippen LogP contribution in [0.25, 0.3) is 16.0 Å². The molecule has 28 heavy (non-hydrogen) atoms. The Morgan fingerprint density at radius 1 is 1.21 bits per heavy atom. The largest absolute Gasteiger partial charge is 0.306 e. The number of carbonyl (C=O) groups excluding carboxylic acids is 1. The Kier molecular flexibility index (Phi) is 5.20. The van der Waals surface area contributed by atoms with Gasteiger partial charge in [-0.15, -0.1) is 11.3 Å². The highest BCUT2D eigenvalue weighted by Gasteiger charge is 2.15. The van der Waals surface area contributed by atoms with Crippen LogP contribution in [0.3, 0.4) is 0 Å². The first-order chi connectivity index (χ1) is 13.5. The second kappa shape index (κ2) is 7.78. The number of amides is 1. The lowest BCUT2D eigenvalue weighted by Gasteiger charge is -2.02. The predicted molar refractivity (Wildman–Crippen MR) is 117 cm³/mol. The molecule has 0 radical (unpaired) electrons. The van der Waals surface area contributed by atoms with Crippen molar-refractivity contribution in [3.05, 3.63) is 76.3 Å². The monoisotopic (exact) mass is 409 g/mol. The Bertz CT molecular complexity index is 1130. The molecule has 6 heteroatoms. The zero-order chi connectivity index (χ0) is 19.7. The van der Waals surface area contributed by atoms with Gasteiger partial charge in [-0.25, -0.2) is 4.98 Å². The number of hydrogen-bond acceptors (Lipinski definition) is 3. The third-order valence-corrected chi connectivity index (χ3v) is 5.53. The van der Waals surface area contributed by atoms with E-state index in [2.05, 4.69) is 41.0 Å². The number of nitrogens with zero attached hydrogens (tertiary/aromatic N) is 2. The molecule has 0 spiro atoms. The fourth-order valence-corrected chi connectivity index (χ4v) is 4.15. The molecule has 2 aromatic heterocycles. The maximum atomic E-state index is 12.4. The van der Waals surface area contributed by atoms with Gasteiger partial charge in [0.2, 0.25) is 0 Å². The van der Waals surface area contributed by atoms with Gasteiger partial charge in [0, 0.05) is 27.5 Å². The van der Waals surface area contributed by atoms with Crippen molar-refractivity contribution in [2.24, 2.45) is 5.92 Å². The summed E-state index contributed by atoms with van der Waals surface area (Å²) in [6.07, 6.45) is 3.11. The molecule has 0 aliphatic carbocycles. The molecule has 0 saturated carbocycles. The molecular formula is C22H20ClN3OS. The minimum atomic E-state index is -0.168. The van der Waals surface area contributed by atoms with Crippen LogP contribution in [0.15, 0.2) is 60.1 Å². The fraction of sp³-hybridized carbons (Fsp3) is 0.182. The van der Waals surface area contributed by atoms with Crippen LogP contribution in [0.1, 0.15) is 29.8 Å². The van der Waals surface area contributed by atoms with E-state index in [1.807, 2.05) is 35.7 Å². The lowest BCUT2D eigenvalue weighted by molar-refractivity contribution is 0.102. The number of nitrogens with one attached hydrogen (secondary N) is 1. The SMILES string of the molecule is CC(C)Cc1cn(-c2nc(NC(=O)c3ccccc3)cs2)c2cc(Cl)ccc12. The molecule has 0 aliphatic heterocycles. The van der Waals surface area contributed by atoms with E-state index in [-0.39, 0.29) is 5.91 Å². The predicted octanol–water partition coefficient (Wildman–Crippen LogP) is 6.19. The van der Waals surface area contributed by atoms with Gasteiger partial charge in [0.05, 0.1) is 5.52 Å². The minimum Gasteiger partial charge on any atom is -0.306 e. The Labute approximate surface area is 172 Å². The second-order valence-electron chi connectivity index (χ2n) is 7.12. The van der Waals surface area contributed by atoms with E-state index < -0.39 is 0 Å². The molecule has 0 unspecified atom stereocenters. The molecule has 0 aliphatic rings. The van der Waals surface area contributed by atoms with Crippen molar-refractivity contribution in [1.29, 1.82) is 0 Å². The summed E-state index contributed by atoms with van der Waals surface area (Å²) < 4.78 is 2.06. The zero-order valence-electron chi connectivity index (χ0n) is 15.6. The van der Waals surface area contributed by atoms with E-state index in [1.165, 1.54) is 22.3 Å². The Hall–Kier alpha value is -2.63. The molecule has 1 amide bonds. The van der Waals surface area contributed by atoms with Crippen LogP contribution in [-0.2, 0) is 6.42 Å².